The summed E-state index contributed by atoms with van der Waals surface area (Å²) < 4.78 is 225. The minimum atomic E-state index is -8.61. The fraction of sp³-hybridized carbons (Fsp3) is 0.778. The van der Waals surface area contributed by atoms with Crippen LogP contribution in [0.2, 0.25) is 0 Å². The molecule has 0 bridgehead atoms. The van der Waals surface area contributed by atoms with E-state index in [4.69, 9.17) is 0 Å². The molecule has 0 atom stereocenters. The fourth-order valence-electron chi connectivity index (χ4n) is 2.92. The van der Waals surface area contributed by atoms with Crippen molar-refractivity contribution in [3.05, 3.63) is 25.3 Å². The van der Waals surface area contributed by atoms with Crippen LogP contribution in [0.25, 0.3) is 0 Å². The molecule has 0 amide bonds. The van der Waals surface area contributed by atoms with E-state index in [1.165, 1.54) is 19.2 Å². The van der Waals surface area contributed by atoms with E-state index in [-0.39, 0.29) is 17.6 Å². The summed E-state index contributed by atoms with van der Waals surface area (Å²) in [6, 6.07) is 0. The predicted octanol–water partition coefficient (Wildman–Crippen LogP) is 7.59. The molecule has 0 heterocycles. The largest absolute Gasteiger partial charge is 0.460 e. The van der Waals surface area contributed by atoms with Crippen LogP contribution in [0.3, 0.4) is 0 Å². The van der Waals surface area contributed by atoms with Crippen molar-refractivity contribution in [2.24, 2.45) is 0 Å². The highest BCUT2D eigenvalue weighted by Gasteiger charge is 2.95. The second-order valence-corrected chi connectivity index (χ2v) is 8.04. The summed E-state index contributed by atoms with van der Waals surface area (Å²) in [6.45, 7) is 5.94. The second kappa shape index (κ2) is 9.85. The van der Waals surface area contributed by atoms with Crippen LogP contribution in [-0.2, 0) is 0 Å². The SMILES string of the molecule is C=CC[N+](C)(CC=C)CCCC(F)(F)C(F)(F)C(F)(F)C(F)(F)C(F)(F)C(F)(F)C(F)(F)C(F)(F)F. The Morgan fingerprint density at radius 1 is 0.528 bits per heavy atom. The molecule has 0 spiro atoms. The smallest absolute Gasteiger partial charge is 0.320 e. The molecular formula is C18H19F17N+. The van der Waals surface area contributed by atoms with Crippen LogP contribution in [0.5, 0.6) is 0 Å². The van der Waals surface area contributed by atoms with Gasteiger partial charge in [-0.2, -0.15) is 74.6 Å². The first-order valence-electron chi connectivity index (χ1n) is 9.35. The number of quaternary nitrogens is 1. The first kappa shape index (κ1) is 34.2. The Balaban J connectivity index is 6.32. The lowest BCUT2D eigenvalue weighted by Crippen LogP contribution is -2.74. The van der Waals surface area contributed by atoms with Crippen LogP contribution in [0, 0.1) is 0 Å². The van der Waals surface area contributed by atoms with Crippen molar-refractivity contribution in [3.63, 3.8) is 0 Å². The lowest BCUT2D eigenvalue weighted by molar-refractivity contribution is -0.898. The van der Waals surface area contributed by atoms with Gasteiger partial charge in [0.1, 0.15) is 0 Å². The molecule has 0 aromatic rings. The zero-order valence-corrected chi connectivity index (χ0v) is 18.0. The first-order chi connectivity index (χ1) is 15.6. The van der Waals surface area contributed by atoms with Gasteiger partial charge in [-0.05, 0) is 12.2 Å². The zero-order valence-electron chi connectivity index (χ0n) is 18.0. The third-order valence-electron chi connectivity index (χ3n) is 5.12. The zero-order chi connectivity index (χ0) is 29.4. The second-order valence-electron chi connectivity index (χ2n) is 8.04. The fourth-order valence-corrected chi connectivity index (χ4v) is 2.92. The number of alkyl halides is 17. The highest BCUT2D eigenvalue weighted by molar-refractivity contribution is 5.15. The van der Waals surface area contributed by atoms with E-state index in [1.807, 2.05) is 0 Å². The van der Waals surface area contributed by atoms with Gasteiger partial charge >= 0.3 is 47.6 Å². The van der Waals surface area contributed by atoms with E-state index >= 15 is 0 Å². The summed E-state index contributed by atoms with van der Waals surface area (Å²) in [5.41, 5.74) is 0. The van der Waals surface area contributed by atoms with Gasteiger partial charge in [-0.15, -0.1) is 0 Å². The third kappa shape index (κ3) is 5.28. The molecule has 18 heteroatoms. The number of halogens is 17. The van der Waals surface area contributed by atoms with Crippen LogP contribution < -0.4 is 0 Å². The lowest BCUT2D eigenvalue weighted by atomic mass is 9.88. The van der Waals surface area contributed by atoms with Crippen molar-refractivity contribution in [2.75, 3.05) is 26.7 Å². The van der Waals surface area contributed by atoms with Crippen molar-refractivity contribution in [1.29, 1.82) is 0 Å². The van der Waals surface area contributed by atoms with E-state index < -0.39 is 67.0 Å². The molecular weight excluding hydrogens is 553 g/mol. The van der Waals surface area contributed by atoms with Gasteiger partial charge in [0.2, 0.25) is 0 Å². The molecule has 0 saturated carbocycles. The maximum Gasteiger partial charge on any atom is 0.460 e. The molecule has 0 saturated heterocycles. The molecule has 0 aliphatic heterocycles. The van der Waals surface area contributed by atoms with Crippen LogP contribution in [0.4, 0.5) is 74.6 Å². The van der Waals surface area contributed by atoms with Crippen molar-refractivity contribution in [2.45, 2.75) is 60.5 Å². The lowest BCUT2D eigenvalue weighted by Gasteiger charge is -2.43. The molecule has 0 aromatic heterocycles. The van der Waals surface area contributed by atoms with Gasteiger partial charge in [0.25, 0.3) is 0 Å². The van der Waals surface area contributed by atoms with E-state index in [9.17, 15) is 74.6 Å². The highest BCUT2D eigenvalue weighted by Crippen LogP contribution is 2.64. The minimum Gasteiger partial charge on any atom is -0.320 e. The first-order valence-corrected chi connectivity index (χ1v) is 9.35. The van der Waals surface area contributed by atoms with Gasteiger partial charge in [-0.25, -0.2) is 0 Å². The van der Waals surface area contributed by atoms with E-state index in [2.05, 4.69) is 13.2 Å². The molecule has 0 unspecified atom stereocenters. The molecule has 0 N–H and O–H groups in total. The predicted molar refractivity (Wildman–Crippen MR) is 91.1 cm³/mol. The summed E-state index contributed by atoms with van der Waals surface area (Å²) in [5, 5.41) is 0. The summed E-state index contributed by atoms with van der Waals surface area (Å²) in [5.74, 6) is -56.0. The number of hydrogen-bond donors (Lipinski definition) is 0. The Hall–Kier alpha value is -1.75. The molecule has 214 valence electrons. The van der Waals surface area contributed by atoms with Crippen molar-refractivity contribution >= 4 is 0 Å². The Bertz CT molecular complexity index is 771. The van der Waals surface area contributed by atoms with E-state index in [0.29, 0.717) is 0 Å². The maximum absolute atomic E-state index is 13.9. The quantitative estimate of drug-likeness (QED) is 0.114. The number of rotatable bonds is 14. The molecule has 0 aromatic carbocycles. The van der Waals surface area contributed by atoms with Crippen molar-refractivity contribution in [1.82, 2.24) is 0 Å². The van der Waals surface area contributed by atoms with Gasteiger partial charge in [-0.3, -0.25) is 0 Å². The molecule has 0 aliphatic rings. The molecule has 36 heavy (non-hydrogen) atoms. The maximum atomic E-state index is 13.9. The van der Waals surface area contributed by atoms with Crippen LogP contribution in [0.15, 0.2) is 25.3 Å². The summed E-state index contributed by atoms with van der Waals surface area (Å²) >= 11 is 0. The van der Waals surface area contributed by atoms with E-state index in [1.54, 1.807) is 0 Å². The van der Waals surface area contributed by atoms with Crippen LogP contribution in [0.1, 0.15) is 12.8 Å². The summed E-state index contributed by atoms with van der Waals surface area (Å²) in [4.78, 5) is 0. The molecule has 0 fully saturated rings. The Morgan fingerprint density at radius 3 is 1.14 bits per heavy atom. The highest BCUT2D eigenvalue weighted by atomic mass is 19.4. The van der Waals surface area contributed by atoms with Crippen molar-refractivity contribution < 1.29 is 79.1 Å². The average Bonchev–Trinajstić information content (AvgIpc) is 2.66. The third-order valence-corrected chi connectivity index (χ3v) is 5.12. The van der Waals surface area contributed by atoms with Gasteiger partial charge < -0.3 is 4.48 Å². The molecule has 0 rings (SSSR count). The van der Waals surface area contributed by atoms with Gasteiger partial charge in [0.15, 0.2) is 0 Å². The monoisotopic (exact) mass is 572 g/mol. The summed E-state index contributed by atoms with van der Waals surface area (Å²) in [7, 11) is 1.30. The number of hydrogen-bond acceptors (Lipinski definition) is 0. The van der Waals surface area contributed by atoms with Gasteiger partial charge in [0.05, 0.1) is 26.7 Å². The number of nitrogens with zero attached hydrogens (tertiary/aromatic N) is 1. The Labute approximate surface area is 192 Å². The number of likely N-dealkylation sites (N-methyl/N-ethyl adjacent to an activating group) is 1. The Morgan fingerprint density at radius 2 is 0.833 bits per heavy atom. The Kier molecular flexibility index (Phi) is 9.37. The van der Waals surface area contributed by atoms with Crippen LogP contribution in [-0.4, -0.2) is 78.8 Å². The standard InChI is InChI=1S/C18H19F17N/c1-4-8-36(3,9-5-2)10-6-7-11(19,20)12(21,22)13(23,24)14(25,26)15(27,28)16(29,30)17(31,32)18(33,34)35/h4-5H,1-2,6-10H2,3H3/q+1. The molecule has 1 nitrogen and oxygen atoms in total. The van der Waals surface area contributed by atoms with Crippen molar-refractivity contribution in [3.8, 4) is 0 Å². The van der Waals surface area contributed by atoms with Gasteiger partial charge in [-0.1, -0.05) is 13.2 Å². The normalized spacial score (nSPS) is 15.7. The van der Waals surface area contributed by atoms with Crippen LogP contribution >= 0.6 is 0 Å². The average molecular weight is 572 g/mol. The summed E-state index contributed by atoms with van der Waals surface area (Å²) in [6.07, 6.45) is -8.97. The topological polar surface area (TPSA) is 0 Å². The van der Waals surface area contributed by atoms with E-state index in [0.717, 1.165) is 0 Å². The van der Waals surface area contributed by atoms with Gasteiger partial charge in [0, 0.05) is 12.8 Å². The molecule has 0 radical (unpaired) electrons. The minimum absolute atomic E-state index is 0.0447. The molecule has 0 aliphatic carbocycles.